The summed E-state index contributed by atoms with van der Waals surface area (Å²) in [4.78, 5) is 0. The van der Waals surface area contributed by atoms with Gasteiger partial charge in [0.05, 0.1) is 24.5 Å². The van der Waals surface area contributed by atoms with Crippen LogP contribution in [0.3, 0.4) is 0 Å². The third-order valence-electron chi connectivity index (χ3n) is 2.70. The van der Waals surface area contributed by atoms with Gasteiger partial charge in [-0.15, -0.1) is 11.6 Å². The van der Waals surface area contributed by atoms with Gasteiger partial charge >= 0.3 is 0 Å². The second-order valence-corrected chi connectivity index (χ2v) is 4.34. The van der Waals surface area contributed by atoms with E-state index in [4.69, 9.17) is 20.8 Å². The van der Waals surface area contributed by atoms with Gasteiger partial charge in [0.25, 0.3) is 0 Å². The van der Waals surface area contributed by atoms with E-state index in [0.29, 0.717) is 0 Å². The summed E-state index contributed by atoms with van der Waals surface area (Å²) in [5, 5.41) is -0.148. The summed E-state index contributed by atoms with van der Waals surface area (Å²) in [6.07, 6.45) is 4.24. The normalized spacial score (nSPS) is 12.6. The fourth-order valence-corrected chi connectivity index (χ4v) is 1.95. The molecule has 0 saturated heterocycles. The molecule has 0 amide bonds. The minimum atomic E-state index is -0.148. The van der Waals surface area contributed by atoms with Crippen LogP contribution in [-0.2, 0) is 11.2 Å². The maximum Gasteiger partial charge on any atom is 0.0952 e. The van der Waals surface area contributed by atoms with Crippen molar-refractivity contribution >= 4 is 11.6 Å². The first-order chi connectivity index (χ1) is 8.31. The lowest BCUT2D eigenvalue weighted by Crippen LogP contribution is -1.96. The third kappa shape index (κ3) is 3.11. The smallest absolute Gasteiger partial charge is 0.0952 e. The summed E-state index contributed by atoms with van der Waals surface area (Å²) in [7, 11) is 1.71. The average Bonchev–Trinajstić information content (AvgIpc) is 2.90. The number of hydrogen-bond donors (Lipinski definition) is 0. The van der Waals surface area contributed by atoms with Gasteiger partial charge in [0, 0.05) is 12.7 Å². The zero-order valence-electron chi connectivity index (χ0n) is 9.73. The minimum Gasteiger partial charge on any atom is -0.472 e. The molecule has 0 fully saturated rings. The van der Waals surface area contributed by atoms with Crippen LogP contribution >= 0.6 is 11.6 Å². The predicted molar refractivity (Wildman–Crippen MR) is 68.4 cm³/mol. The Morgan fingerprint density at radius 2 is 1.94 bits per heavy atom. The summed E-state index contributed by atoms with van der Waals surface area (Å²) in [6.45, 7) is 0.741. The van der Waals surface area contributed by atoms with Crippen molar-refractivity contribution in [2.45, 2.75) is 11.8 Å². The molecule has 1 heterocycles. The van der Waals surface area contributed by atoms with Crippen LogP contribution in [0.1, 0.15) is 22.1 Å². The molecule has 17 heavy (non-hydrogen) atoms. The molecule has 0 aliphatic carbocycles. The lowest BCUT2D eigenvalue weighted by Gasteiger charge is -2.08. The highest BCUT2D eigenvalue weighted by atomic mass is 35.5. The van der Waals surface area contributed by atoms with Gasteiger partial charge in [-0.25, -0.2) is 0 Å². The molecule has 0 aliphatic heterocycles. The molecule has 0 N–H and O–H groups in total. The fourth-order valence-electron chi connectivity index (χ4n) is 1.68. The molecule has 90 valence electrons. The van der Waals surface area contributed by atoms with Crippen molar-refractivity contribution in [3.05, 3.63) is 59.5 Å². The summed E-state index contributed by atoms with van der Waals surface area (Å²) in [6, 6.07) is 10.2. The van der Waals surface area contributed by atoms with Crippen molar-refractivity contribution in [2.75, 3.05) is 13.7 Å². The van der Waals surface area contributed by atoms with Gasteiger partial charge in [-0.05, 0) is 23.6 Å². The van der Waals surface area contributed by atoms with Crippen molar-refractivity contribution in [2.24, 2.45) is 0 Å². The lowest BCUT2D eigenvalue weighted by atomic mass is 10.0. The molecule has 2 rings (SSSR count). The molecule has 1 atom stereocenters. The topological polar surface area (TPSA) is 22.4 Å². The van der Waals surface area contributed by atoms with E-state index in [0.717, 1.165) is 24.2 Å². The highest BCUT2D eigenvalue weighted by Crippen LogP contribution is 2.28. The predicted octanol–water partition coefficient (Wildman–Crippen LogP) is 3.80. The second-order valence-electron chi connectivity index (χ2n) is 3.90. The van der Waals surface area contributed by atoms with Crippen molar-refractivity contribution < 1.29 is 9.15 Å². The Labute approximate surface area is 106 Å². The molecule has 1 aromatic carbocycles. The molecule has 1 aromatic heterocycles. The Morgan fingerprint density at radius 3 is 2.53 bits per heavy atom. The maximum absolute atomic E-state index is 6.34. The van der Waals surface area contributed by atoms with Crippen LogP contribution in [-0.4, -0.2) is 13.7 Å². The van der Waals surface area contributed by atoms with Crippen molar-refractivity contribution in [3.8, 4) is 0 Å². The van der Waals surface area contributed by atoms with Crippen molar-refractivity contribution in [3.63, 3.8) is 0 Å². The average molecular weight is 251 g/mol. The molecule has 2 nitrogen and oxygen atoms in total. The number of alkyl halides is 1. The molecule has 3 heteroatoms. The van der Waals surface area contributed by atoms with Crippen LogP contribution in [0.25, 0.3) is 0 Å². The maximum atomic E-state index is 6.34. The number of rotatable bonds is 5. The summed E-state index contributed by atoms with van der Waals surface area (Å²) < 4.78 is 10.1. The Bertz CT molecular complexity index is 434. The standard InChI is InChI=1S/C14H15ClO2/c1-16-8-6-11-2-4-12(5-3-11)14(15)13-7-9-17-10-13/h2-5,7,9-10,14H,6,8H2,1H3. The van der Waals surface area contributed by atoms with Crippen molar-refractivity contribution in [1.29, 1.82) is 0 Å². The van der Waals surface area contributed by atoms with Crippen LogP contribution in [0.4, 0.5) is 0 Å². The van der Waals surface area contributed by atoms with Gasteiger partial charge in [0.15, 0.2) is 0 Å². The zero-order valence-corrected chi connectivity index (χ0v) is 10.5. The fraction of sp³-hybridized carbons (Fsp3) is 0.286. The Morgan fingerprint density at radius 1 is 1.18 bits per heavy atom. The SMILES string of the molecule is COCCc1ccc(C(Cl)c2ccoc2)cc1. The van der Waals surface area contributed by atoms with Gasteiger partial charge in [0.1, 0.15) is 0 Å². The first-order valence-electron chi connectivity index (χ1n) is 5.55. The highest BCUT2D eigenvalue weighted by Gasteiger charge is 2.11. The molecule has 1 unspecified atom stereocenters. The van der Waals surface area contributed by atoms with E-state index in [2.05, 4.69) is 24.3 Å². The highest BCUT2D eigenvalue weighted by molar-refractivity contribution is 6.22. The molecule has 0 radical (unpaired) electrons. The first-order valence-corrected chi connectivity index (χ1v) is 5.99. The largest absolute Gasteiger partial charge is 0.472 e. The molecule has 0 aliphatic rings. The molecule has 0 spiro atoms. The number of benzene rings is 1. The number of ether oxygens (including phenoxy) is 1. The number of methoxy groups -OCH3 is 1. The van der Waals surface area contributed by atoms with E-state index in [1.54, 1.807) is 19.6 Å². The van der Waals surface area contributed by atoms with Gasteiger partial charge < -0.3 is 9.15 Å². The zero-order chi connectivity index (χ0) is 12.1. The molecule has 2 aromatic rings. The van der Waals surface area contributed by atoms with E-state index in [1.807, 2.05) is 6.07 Å². The van der Waals surface area contributed by atoms with Gasteiger partial charge in [-0.2, -0.15) is 0 Å². The Balaban J connectivity index is 2.07. The van der Waals surface area contributed by atoms with Crippen molar-refractivity contribution in [1.82, 2.24) is 0 Å². The molecular formula is C14H15ClO2. The second kappa shape index (κ2) is 5.89. The summed E-state index contributed by atoms with van der Waals surface area (Å²) >= 11 is 6.34. The first kappa shape index (κ1) is 12.2. The van der Waals surface area contributed by atoms with Gasteiger partial charge in [-0.1, -0.05) is 24.3 Å². The van der Waals surface area contributed by atoms with Gasteiger partial charge in [-0.3, -0.25) is 0 Å². The summed E-state index contributed by atoms with van der Waals surface area (Å²) in [5.74, 6) is 0. The number of halogens is 1. The quantitative estimate of drug-likeness (QED) is 0.754. The summed E-state index contributed by atoms with van der Waals surface area (Å²) in [5.41, 5.74) is 3.32. The Kier molecular flexibility index (Phi) is 4.24. The minimum absolute atomic E-state index is 0.148. The van der Waals surface area contributed by atoms with Crippen LogP contribution in [0.2, 0.25) is 0 Å². The molecular weight excluding hydrogens is 236 g/mol. The number of furan rings is 1. The van der Waals surface area contributed by atoms with Crippen LogP contribution in [0, 0.1) is 0 Å². The Hall–Kier alpha value is -1.25. The van der Waals surface area contributed by atoms with E-state index in [9.17, 15) is 0 Å². The van der Waals surface area contributed by atoms with E-state index >= 15 is 0 Å². The van der Waals surface area contributed by atoms with Crippen LogP contribution in [0.5, 0.6) is 0 Å². The van der Waals surface area contributed by atoms with Gasteiger partial charge in [0.2, 0.25) is 0 Å². The third-order valence-corrected chi connectivity index (χ3v) is 3.21. The monoisotopic (exact) mass is 250 g/mol. The van der Waals surface area contributed by atoms with E-state index in [-0.39, 0.29) is 5.38 Å². The van der Waals surface area contributed by atoms with E-state index < -0.39 is 0 Å². The number of hydrogen-bond acceptors (Lipinski definition) is 2. The van der Waals surface area contributed by atoms with E-state index in [1.165, 1.54) is 5.56 Å². The lowest BCUT2D eigenvalue weighted by molar-refractivity contribution is 0.202. The van der Waals surface area contributed by atoms with Crippen LogP contribution in [0.15, 0.2) is 47.3 Å². The van der Waals surface area contributed by atoms with Crippen LogP contribution < -0.4 is 0 Å². The molecule has 0 bridgehead atoms. The molecule has 0 saturated carbocycles.